The standard InChI is InChI=1S/C13H15N3O2/c1-3-5-12-14-8-9-15(12)11-7-4-6-10(2)13(11)16(17)18/h4,6-9H,3,5H2,1-2H3. The molecule has 0 atom stereocenters. The zero-order valence-corrected chi connectivity index (χ0v) is 10.5. The minimum atomic E-state index is -0.333. The number of hydrogen-bond donors (Lipinski definition) is 0. The summed E-state index contributed by atoms with van der Waals surface area (Å²) in [5.74, 6) is 0.853. The van der Waals surface area contributed by atoms with Gasteiger partial charge in [0, 0.05) is 24.4 Å². The van der Waals surface area contributed by atoms with E-state index < -0.39 is 0 Å². The molecule has 1 aromatic carbocycles. The predicted octanol–water partition coefficient (Wildman–Crippen LogP) is 3.04. The molecule has 0 bridgehead atoms. The Hall–Kier alpha value is -2.17. The molecule has 94 valence electrons. The molecule has 5 nitrogen and oxygen atoms in total. The third-order valence-electron chi connectivity index (χ3n) is 2.85. The van der Waals surface area contributed by atoms with Crippen molar-refractivity contribution in [3.63, 3.8) is 0 Å². The van der Waals surface area contributed by atoms with Gasteiger partial charge in [-0.15, -0.1) is 0 Å². The Morgan fingerprint density at radius 2 is 2.22 bits per heavy atom. The maximum Gasteiger partial charge on any atom is 0.296 e. The molecule has 0 aliphatic carbocycles. The number of aryl methyl sites for hydroxylation is 2. The second-order valence-electron chi connectivity index (χ2n) is 4.16. The molecular formula is C13H15N3O2. The summed E-state index contributed by atoms with van der Waals surface area (Å²) < 4.78 is 1.80. The van der Waals surface area contributed by atoms with E-state index in [4.69, 9.17) is 0 Å². The number of para-hydroxylation sites is 1. The largest absolute Gasteiger partial charge is 0.298 e. The van der Waals surface area contributed by atoms with E-state index in [1.165, 1.54) is 0 Å². The van der Waals surface area contributed by atoms with Gasteiger partial charge in [0.05, 0.1) is 4.92 Å². The highest BCUT2D eigenvalue weighted by Crippen LogP contribution is 2.27. The molecule has 0 unspecified atom stereocenters. The molecule has 5 heteroatoms. The van der Waals surface area contributed by atoms with Gasteiger partial charge in [0.2, 0.25) is 0 Å². The van der Waals surface area contributed by atoms with Gasteiger partial charge < -0.3 is 0 Å². The van der Waals surface area contributed by atoms with Crippen LogP contribution in [0.15, 0.2) is 30.6 Å². The van der Waals surface area contributed by atoms with Crippen LogP contribution in [0.5, 0.6) is 0 Å². The fourth-order valence-corrected chi connectivity index (χ4v) is 2.04. The first-order chi connectivity index (χ1) is 8.65. The summed E-state index contributed by atoms with van der Waals surface area (Å²) in [4.78, 5) is 15.1. The minimum Gasteiger partial charge on any atom is -0.298 e. The summed E-state index contributed by atoms with van der Waals surface area (Å²) in [6.45, 7) is 3.81. The molecule has 0 N–H and O–H groups in total. The summed E-state index contributed by atoms with van der Waals surface area (Å²) in [7, 11) is 0. The number of nitrogens with zero attached hydrogens (tertiary/aromatic N) is 3. The average Bonchev–Trinajstić information content (AvgIpc) is 2.76. The van der Waals surface area contributed by atoms with E-state index in [0.717, 1.165) is 18.7 Å². The number of aromatic nitrogens is 2. The third-order valence-corrected chi connectivity index (χ3v) is 2.85. The van der Waals surface area contributed by atoms with Crippen LogP contribution in [0.4, 0.5) is 5.69 Å². The van der Waals surface area contributed by atoms with Crippen molar-refractivity contribution < 1.29 is 4.92 Å². The first-order valence-electron chi connectivity index (χ1n) is 5.91. The lowest BCUT2D eigenvalue weighted by Gasteiger charge is -2.09. The van der Waals surface area contributed by atoms with Crippen LogP contribution in [-0.2, 0) is 6.42 Å². The highest BCUT2D eigenvalue weighted by molar-refractivity contribution is 5.57. The van der Waals surface area contributed by atoms with Gasteiger partial charge in [-0.25, -0.2) is 4.98 Å². The Balaban J connectivity index is 2.60. The smallest absolute Gasteiger partial charge is 0.296 e. The summed E-state index contributed by atoms with van der Waals surface area (Å²) in [6, 6.07) is 5.33. The Morgan fingerprint density at radius 1 is 1.44 bits per heavy atom. The number of imidazole rings is 1. The van der Waals surface area contributed by atoms with Gasteiger partial charge in [-0.1, -0.05) is 19.1 Å². The van der Waals surface area contributed by atoms with Crippen molar-refractivity contribution in [1.29, 1.82) is 0 Å². The number of benzene rings is 1. The highest BCUT2D eigenvalue weighted by atomic mass is 16.6. The Kier molecular flexibility index (Phi) is 3.41. The molecule has 0 amide bonds. The number of nitro groups is 1. The van der Waals surface area contributed by atoms with Gasteiger partial charge in [0.1, 0.15) is 11.5 Å². The topological polar surface area (TPSA) is 61.0 Å². The van der Waals surface area contributed by atoms with E-state index in [2.05, 4.69) is 11.9 Å². The zero-order chi connectivity index (χ0) is 13.1. The van der Waals surface area contributed by atoms with E-state index in [1.807, 2.05) is 6.07 Å². The Morgan fingerprint density at radius 3 is 2.89 bits per heavy atom. The first kappa shape index (κ1) is 12.3. The van der Waals surface area contributed by atoms with Gasteiger partial charge in [0.15, 0.2) is 0 Å². The molecule has 1 aromatic heterocycles. The van der Waals surface area contributed by atoms with Crippen LogP contribution in [0.2, 0.25) is 0 Å². The van der Waals surface area contributed by atoms with Crippen molar-refractivity contribution in [2.75, 3.05) is 0 Å². The average molecular weight is 245 g/mol. The lowest BCUT2D eigenvalue weighted by molar-refractivity contribution is -0.385. The maximum atomic E-state index is 11.2. The van der Waals surface area contributed by atoms with Crippen LogP contribution in [0.3, 0.4) is 0 Å². The molecule has 0 aliphatic heterocycles. The molecule has 18 heavy (non-hydrogen) atoms. The van der Waals surface area contributed by atoms with Crippen molar-refractivity contribution in [3.05, 3.63) is 52.1 Å². The number of nitro benzene ring substituents is 1. The lowest BCUT2D eigenvalue weighted by Crippen LogP contribution is -2.05. The summed E-state index contributed by atoms with van der Waals surface area (Å²) in [5.41, 5.74) is 1.39. The van der Waals surface area contributed by atoms with Crippen LogP contribution < -0.4 is 0 Å². The molecule has 0 fully saturated rings. The molecule has 1 heterocycles. The molecule has 0 saturated heterocycles. The van der Waals surface area contributed by atoms with E-state index in [1.54, 1.807) is 36.0 Å². The van der Waals surface area contributed by atoms with E-state index in [0.29, 0.717) is 11.3 Å². The molecule has 0 saturated carbocycles. The fraction of sp³-hybridized carbons (Fsp3) is 0.308. The maximum absolute atomic E-state index is 11.2. The van der Waals surface area contributed by atoms with Crippen LogP contribution in [0.1, 0.15) is 24.7 Å². The van der Waals surface area contributed by atoms with Crippen LogP contribution >= 0.6 is 0 Å². The molecule has 0 radical (unpaired) electrons. The molecule has 0 aliphatic rings. The van der Waals surface area contributed by atoms with Gasteiger partial charge in [0.25, 0.3) is 5.69 Å². The normalized spacial score (nSPS) is 10.6. The van der Waals surface area contributed by atoms with E-state index in [9.17, 15) is 10.1 Å². The second-order valence-corrected chi connectivity index (χ2v) is 4.16. The van der Waals surface area contributed by atoms with Crippen LogP contribution in [-0.4, -0.2) is 14.5 Å². The van der Waals surface area contributed by atoms with Crippen molar-refractivity contribution in [1.82, 2.24) is 9.55 Å². The fourth-order valence-electron chi connectivity index (χ4n) is 2.04. The Bertz CT molecular complexity index is 575. The number of rotatable bonds is 4. The van der Waals surface area contributed by atoms with Crippen molar-refractivity contribution >= 4 is 5.69 Å². The van der Waals surface area contributed by atoms with Gasteiger partial charge >= 0.3 is 0 Å². The second kappa shape index (κ2) is 5.00. The van der Waals surface area contributed by atoms with E-state index in [-0.39, 0.29) is 10.6 Å². The van der Waals surface area contributed by atoms with Crippen molar-refractivity contribution in [3.8, 4) is 5.69 Å². The van der Waals surface area contributed by atoms with Gasteiger partial charge in [-0.05, 0) is 19.4 Å². The number of hydrogen-bond acceptors (Lipinski definition) is 3. The lowest BCUT2D eigenvalue weighted by atomic mass is 10.1. The van der Waals surface area contributed by atoms with Crippen LogP contribution in [0.25, 0.3) is 5.69 Å². The summed E-state index contributed by atoms with van der Waals surface area (Å²) in [6.07, 6.45) is 5.21. The molecule has 2 aromatic rings. The Labute approximate surface area is 105 Å². The minimum absolute atomic E-state index is 0.146. The molecule has 2 rings (SSSR count). The molecular weight excluding hydrogens is 230 g/mol. The zero-order valence-electron chi connectivity index (χ0n) is 10.5. The third kappa shape index (κ3) is 2.11. The van der Waals surface area contributed by atoms with E-state index >= 15 is 0 Å². The SMILES string of the molecule is CCCc1nccn1-c1cccc(C)c1[N+](=O)[O-]. The van der Waals surface area contributed by atoms with Gasteiger partial charge in [-0.2, -0.15) is 0 Å². The highest BCUT2D eigenvalue weighted by Gasteiger charge is 2.19. The predicted molar refractivity (Wildman–Crippen MR) is 69.0 cm³/mol. The summed E-state index contributed by atoms with van der Waals surface area (Å²) >= 11 is 0. The van der Waals surface area contributed by atoms with Crippen molar-refractivity contribution in [2.24, 2.45) is 0 Å². The van der Waals surface area contributed by atoms with Crippen molar-refractivity contribution in [2.45, 2.75) is 26.7 Å². The first-order valence-corrected chi connectivity index (χ1v) is 5.91. The monoisotopic (exact) mass is 245 g/mol. The van der Waals surface area contributed by atoms with Crippen LogP contribution in [0, 0.1) is 17.0 Å². The molecule has 0 spiro atoms. The quantitative estimate of drug-likeness (QED) is 0.614. The van der Waals surface area contributed by atoms with Gasteiger partial charge in [-0.3, -0.25) is 14.7 Å². The summed E-state index contributed by atoms with van der Waals surface area (Å²) in [5, 5.41) is 11.2.